The standard InChI is InChI=1S/C16H18N2OS/c1-3-5-13-15(18)14(10-17)20-16(13)11-6-8-12(9-7-11)19-4-2/h6-9H,3-5,18H2,1-2H3. The molecule has 4 heteroatoms. The van der Waals surface area contributed by atoms with Crippen LogP contribution in [0.25, 0.3) is 10.4 Å². The van der Waals surface area contributed by atoms with Gasteiger partial charge in [0.25, 0.3) is 0 Å². The fourth-order valence-corrected chi connectivity index (χ4v) is 3.23. The number of ether oxygens (including phenoxy) is 1. The number of benzene rings is 1. The summed E-state index contributed by atoms with van der Waals surface area (Å²) in [5.74, 6) is 0.860. The Morgan fingerprint density at radius 3 is 2.50 bits per heavy atom. The SMILES string of the molecule is CCCc1c(-c2ccc(OCC)cc2)sc(C#N)c1N. The van der Waals surface area contributed by atoms with Crippen molar-refractivity contribution in [3.8, 4) is 22.3 Å². The van der Waals surface area contributed by atoms with Crippen LogP contribution in [0.2, 0.25) is 0 Å². The van der Waals surface area contributed by atoms with Gasteiger partial charge in [-0.3, -0.25) is 0 Å². The smallest absolute Gasteiger partial charge is 0.128 e. The van der Waals surface area contributed by atoms with Crippen LogP contribution in [0.3, 0.4) is 0 Å². The van der Waals surface area contributed by atoms with E-state index in [0.29, 0.717) is 17.2 Å². The quantitative estimate of drug-likeness (QED) is 0.895. The molecule has 0 saturated heterocycles. The zero-order valence-corrected chi connectivity index (χ0v) is 12.6. The van der Waals surface area contributed by atoms with Gasteiger partial charge in [0, 0.05) is 4.88 Å². The number of nitriles is 1. The van der Waals surface area contributed by atoms with Gasteiger partial charge in [0.15, 0.2) is 0 Å². The van der Waals surface area contributed by atoms with Crippen molar-refractivity contribution in [2.24, 2.45) is 0 Å². The Morgan fingerprint density at radius 1 is 1.25 bits per heavy atom. The van der Waals surface area contributed by atoms with E-state index in [1.54, 1.807) is 0 Å². The second kappa shape index (κ2) is 6.44. The van der Waals surface area contributed by atoms with Gasteiger partial charge >= 0.3 is 0 Å². The van der Waals surface area contributed by atoms with E-state index in [1.807, 2.05) is 31.2 Å². The minimum absolute atomic E-state index is 0.609. The Hall–Kier alpha value is -1.99. The van der Waals surface area contributed by atoms with E-state index in [9.17, 15) is 0 Å². The van der Waals surface area contributed by atoms with Crippen LogP contribution in [0.1, 0.15) is 30.7 Å². The number of nitrogens with two attached hydrogens (primary N) is 1. The third-order valence-electron chi connectivity index (χ3n) is 3.08. The molecule has 1 aromatic carbocycles. The molecule has 0 aliphatic rings. The highest BCUT2D eigenvalue weighted by atomic mass is 32.1. The molecular formula is C16H18N2OS. The Kier molecular flexibility index (Phi) is 4.65. The minimum atomic E-state index is 0.609. The van der Waals surface area contributed by atoms with E-state index in [1.165, 1.54) is 11.3 Å². The maximum absolute atomic E-state index is 9.15. The largest absolute Gasteiger partial charge is 0.494 e. The van der Waals surface area contributed by atoms with E-state index < -0.39 is 0 Å². The number of nitrogen functional groups attached to an aromatic ring is 1. The van der Waals surface area contributed by atoms with Gasteiger partial charge in [-0.15, -0.1) is 11.3 Å². The molecular weight excluding hydrogens is 268 g/mol. The summed E-state index contributed by atoms with van der Waals surface area (Å²) < 4.78 is 5.45. The predicted octanol–water partition coefficient (Wildman–Crippen LogP) is 4.22. The molecule has 0 aliphatic heterocycles. The molecule has 0 radical (unpaired) electrons. The van der Waals surface area contributed by atoms with Crippen LogP contribution in [0, 0.1) is 11.3 Å². The van der Waals surface area contributed by atoms with Gasteiger partial charge in [-0.05, 0) is 48.7 Å². The van der Waals surface area contributed by atoms with Crippen LogP contribution in [0.4, 0.5) is 5.69 Å². The second-order valence-corrected chi connectivity index (χ2v) is 5.49. The van der Waals surface area contributed by atoms with Crippen LogP contribution in [0.15, 0.2) is 24.3 Å². The minimum Gasteiger partial charge on any atom is -0.494 e. The van der Waals surface area contributed by atoms with Gasteiger partial charge in [-0.2, -0.15) is 5.26 Å². The molecule has 1 aromatic heterocycles. The molecule has 0 atom stereocenters. The van der Waals surface area contributed by atoms with Crippen molar-refractivity contribution in [1.29, 1.82) is 5.26 Å². The molecule has 2 N–H and O–H groups in total. The highest BCUT2D eigenvalue weighted by molar-refractivity contribution is 7.16. The van der Waals surface area contributed by atoms with Crippen molar-refractivity contribution in [3.63, 3.8) is 0 Å². The summed E-state index contributed by atoms with van der Waals surface area (Å²) in [6, 6.07) is 10.1. The molecule has 2 rings (SSSR count). The third-order valence-corrected chi connectivity index (χ3v) is 4.28. The zero-order valence-electron chi connectivity index (χ0n) is 11.8. The fraction of sp³-hybridized carbons (Fsp3) is 0.312. The van der Waals surface area contributed by atoms with E-state index in [4.69, 9.17) is 15.7 Å². The number of rotatable bonds is 5. The van der Waals surface area contributed by atoms with Crippen molar-refractivity contribution < 1.29 is 4.74 Å². The van der Waals surface area contributed by atoms with Crippen molar-refractivity contribution in [2.45, 2.75) is 26.7 Å². The average molecular weight is 286 g/mol. The normalized spacial score (nSPS) is 10.2. The first-order chi connectivity index (χ1) is 9.71. The number of anilines is 1. The van der Waals surface area contributed by atoms with Gasteiger partial charge in [-0.25, -0.2) is 0 Å². The summed E-state index contributed by atoms with van der Waals surface area (Å²) in [6.45, 7) is 4.74. The van der Waals surface area contributed by atoms with E-state index in [2.05, 4.69) is 13.0 Å². The maximum atomic E-state index is 9.15. The summed E-state index contributed by atoms with van der Waals surface area (Å²) in [5, 5.41) is 9.15. The highest BCUT2D eigenvalue weighted by Gasteiger charge is 2.16. The van der Waals surface area contributed by atoms with Gasteiger partial charge in [0.1, 0.15) is 16.7 Å². The molecule has 20 heavy (non-hydrogen) atoms. The first-order valence-corrected chi connectivity index (χ1v) is 7.57. The van der Waals surface area contributed by atoms with Crippen molar-refractivity contribution in [3.05, 3.63) is 34.7 Å². The number of hydrogen-bond donors (Lipinski definition) is 1. The molecule has 0 spiro atoms. The summed E-state index contributed by atoms with van der Waals surface area (Å²) in [5.41, 5.74) is 8.91. The summed E-state index contributed by atoms with van der Waals surface area (Å²) in [4.78, 5) is 1.71. The van der Waals surface area contributed by atoms with Gasteiger partial charge < -0.3 is 10.5 Å². The van der Waals surface area contributed by atoms with E-state index in [0.717, 1.165) is 34.6 Å². The van der Waals surface area contributed by atoms with E-state index >= 15 is 0 Å². The van der Waals surface area contributed by atoms with Crippen LogP contribution >= 0.6 is 11.3 Å². The zero-order chi connectivity index (χ0) is 14.5. The maximum Gasteiger partial charge on any atom is 0.128 e. The lowest BCUT2D eigenvalue weighted by atomic mass is 10.0. The molecule has 0 aliphatic carbocycles. The molecule has 3 nitrogen and oxygen atoms in total. The Labute approximate surface area is 123 Å². The molecule has 0 amide bonds. The highest BCUT2D eigenvalue weighted by Crippen LogP contribution is 2.39. The van der Waals surface area contributed by atoms with Crippen molar-refractivity contribution >= 4 is 17.0 Å². The van der Waals surface area contributed by atoms with Crippen LogP contribution in [-0.4, -0.2) is 6.61 Å². The third kappa shape index (κ3) is 2.78. The van der Waals surface area contributed by atoms with Gasteiger partial charge in [0.05, 0.1) is 12.3 Å². The topological polar surface area (TPSA) is 59.0 Å². The van der Waals surface area contributed by atoms with Crippen molar-refractivity contribution in [2.75, 3.05) is 12.3 Å². The molecule has 0 unspecified atom stereocenters. The Morgan fingerprint density at radius 2 is 1.95 bits per heavy atom. The van der Waals surface area contributed by atoms with Crippen molar-refractivity contribution in [1.82, 2.24) is 0 Å². The molecule has 1 heterocycles. The Balaban J connectivity index is 2.43. The number of nitrogens with zero attached hydrogens (tertiary/aromatic N) is 1. The lowest BCUT2D eigenvalue weighted by Gasteiger charge is -2.06. The molecule has 0 saturated carbocycles. The van der Waals surface area contributed by atoms with Gasteiger partial charge in [-0.1, -0.05) is 13.3 Å². The predicted molar refractivity (Wildman–Crippen MR) is 84.0 cm³/mol. The van der Waals surface area contributed by atoms with Crippen LogP contribution in [0.5, 0.6) is 5.75 Å². The monoisotopic (exact) mass is 286 g/mol. The molecule has 104 valence electrons. The van der Waals surface area contributed by atoms with Crippen LogP contribution in [-0.2, 0) is 6.42 Å². The summed E-state index contributed by atoms with van der Waals surface area (Å²) in [6.07, 6.45) is 1.91. The molecule has 0 bridgehead atoms. The lowest BCUT2D eigenvalue weighted by molar-refractivity contribution is 0.340. The second-order valence-electron chi connectivity index (χ2n) is 4.47. The van der Waals surface area contributed by atoms with E-state index in [-0.39, 0.29) is 0 Å². The lowest BCUT2D eigenvalue weighted by Crippen LogP contribution is -1.93. The molecule has 2 aromatic rings. The summed E-state index contributed by atoms with van der Waals surface area (Å²) >= 11 is 1.47. The summed E-state index contributed by atoms with van der Waals surface area (Å²) in [7, 11) is 0. The number of hydrogen-bond acceptors (Lipinski definition) is 4. The Bertz CT molecular complexity index is 623. The van der Waals surface area contributed by atoms with Gasteiger partial charge in [0.2, 0.25) is 0 Å². The average Bonchev–Trinajstić information content (AvgIpc) is 2.78. The fourth-order valence-electron chi connectivity index (χ4n) is 2.16. The van der Waals surface area contributed by atoms with Crippen LogP contribution < -0.4 is 10.5 Å². The molecule has 0 fully saturated rings. The first-order valence-electron chi connectivity index (χ1n) is 6.75. The first kappa shape index (κ1) is 14.4. The number of thiophene rings is 1.